The Balaban J connectivity index is 1.62. The number of benzene rings is 2. The molecule has 5 heteroatoms. The Hall–Kier alpha value is -1.98. The minimum absolute atomic E-state index is 0.0893. The van der Waals surface area contributed by atoms with E-state index in [0.29, 0.717) is 12.3 Å². The zero-order chi connectivity index (χ0) is 13.1. The number of hydrogen-bond acceptors (Lipinski definition) is 5. The first kappa shape index (κ1) is 12.1. The van der Waals surface area contributed by atoms with Gasteiger partial charge in [-0.2, -0.15) is 0 Å². The number of anilines is 1. The first-order valence-corrected chi connectivity index (χ1v) is 6.50. The quantitative estimate of drug-likeness (QED) is 0.370. The summed E-state index contributed by atoms with van der Waals surface area (Å²) < 4.78 is 6.86. The summed E-state index contributed by atoms with van der Waals surface area (Å²) in [5.41, 5.74) is 1.58. The van der Waals surface area contributed by atoms with Gasteiger partial charge in [-0.25, -0.2) is 0 Å². The van der Waals surface area contributed by atoms with Gasteiger partial charge in [0.05, 0.1) is 12.2 Å². The second-order valence-electron chi connectivity index (χ2n) is 4.02. The highest BCUT2D eigenvalue weighted by molar-refractivity contribution is 7.96. The van der Waals surface area contributed by atoms with E-state index in [9.17, 15) is 4.79 Å². The Labute approximate surface area is 115 Å². The third-order valence-corrected chi connectivity index (χ3v) is 3.39. The Kier molecular flexibility index (Phi) is 3.39. The van der Waals surface area contributed by atoms with Crippen LogP contribution in [0.3, 0.4) is 0 Å². The van der Waals surface area contributed by atoms with Crippen LogP contribution in [0, 0.1) is 0 Å². The molecule has 4 nitrogen and oxygen atoms in total. The second kappa shape index (κ2) is 5.34. The van der Waals surface area contributed by atoms with Crippen molar-refractivity contribution in [1.82, 2.24) is 0 Å². The minimum atomic E-state index is 0.0893. The third-order valence-electron chi connectivity index (χ3n) is 2.75. The van der Waals surface area contributed by atoms with Crippen LogP contribution in [0.15, 0.2) is 54.6 Å². The van der Waals surface area contributed by atoms with E-state index >= 15 is 0 Å². The molecule has 0 bridgehead atoms. The average Bonchev–Trinajstić information content (AvgIpc) is 2.78. The fourth-order valence-corrected chi connectivity index (χ4v) is 2.45. The molecule has 2 aromatic carbocycles. The van der Waals surface area contributed by atoms with Gasteiger partial charge in [0, 0.05) is 5.56 Å². The molecule has 1 aliphatic rings. The second-order valence-corrected chi connectivity index (χ2v) is 4.74. The Bertz CT molecular complexity index is 588. The number of carbonyl (C=O) groups excluding carboxylic acids is 1. The van der Waals surface area contributed by atoms with E-state index < -0.39 is 0 Å². The van der Waals surface area contributed by atoms with Gasteiger partial charge in [-0.05, 0) is 24.3 Å². The molecule has 0 unspecified atom stereocenters. The van der Waals surface area contributed by atoms with Crippen molar-refractivity contribution in [2.24, 2.45) is 0 Å². The van der Waals surface area contributed by atoms with Gasteiger partial charge in [0.25, 0.3) is 0 Å². The van der Waals surface area contributed by atoms with Crippen LogP contribution in [-0.2, 0) is 4.33 Å². The lowest BCUT2D eigenvalue weighted by Gasteiger charge is -2.14. The number of fused-ring (bicyclic) bond motifs is 1. The fourth-order valence-electron chi connectivity index (χ4n) is 1.86. The molecule has 0 aliphatic carbocycles. The van der Waals surface area contributed by atoms with Crippen LogP contribution in [0.4, 0.5) is 5.69 Å². The molecular formula is C14H11NO3S. The summed E-state index contributed by atoms with van der Waals surface area (Å²) in [6, 6.07) is 16.7. The third kappa shape index (κ3) is 2.57. The predicted octanol–water partition coefficient (Wildman–Crippen LogP) is 3.26. The zero-order valence-corrected chi connectivity index (χ0v) is 10.8. The molecule has 0 spiro atoms. The number of Topliss-reactive ketones (excluding diaryl/α,β-unsaturated/α-hetero) is 1. The van der Waals surface area contributed by atoms with E-state index in [1.807, 2.05) is 42.5 Å². The van der Waals surface area contributed by atoms with Crippen LogP contribution in [0.25, 0.3) is 0 Å². The maximum absolute atomic E-state index is 11.8. The Morgan fingerprint density at radius 3 is 2.58 bits per heavy atom. The maximum atomic E-state index is 11.8. The van der Waals surface area contributed by atoms with Crippen molar-refractivity contribution in [3.63, 3.8) is 0 Å². The summed E-state index contributed by atoms with van der Waals surface area (Å²) >= 11 is 1.02. The number of carbonyl (C=O) groups is 1. The first-order chi connectivity index (χ1) is 9.34. The lowest BCUT2D eigenvalue weighted by atomic mass is 10.1. The summed E-state index contributed by atoms with van der Waals surface area (Å²) in [4.78, 5) is 16.9. The van der Waals surface area contributed by atoms with E-state index in [4.69, 9.17) is 9.22 Å². The number of rotatable bonds is 4. The number of hydrogen-bond donors (Lipinski definition) is 0. The molecule has 96 valence electrons. The van der Waals surface area contributed by atoms with Crippen LogP contribution >= 0.6 is 12.2 Å². The van der Waals surface area contributed by atoms with Crippen molar-refractivity contribution in [2.75, 3.05) is 10.8 Å². The molecule has 0 amide bonds. The standard InChI is InChI=1S/C14H11NO3S/c16-14-10-15(13-9-5-4-8-12(13)14)19-18-17-11-6-2-1-3-7-11/h1-9H,10H2. The minimum Gasteiger partial charge on any atom is -0.324 e. The molecule has 0 aromatic heterocycles. The van der Waals surface area contributed by atoms with Gasteiger partial charge >= 0.3 is 0 Å². The van der Waals surface area contributed by atoms with Crippen molar-refractivity contribution in [3.8, 4) is 5.75 Å². The van der Waals surface area contributed by atoms with Gasteiger partial charge in [0.15, 0.2) is 23.8 Å². The molecule has 0 saturated heterocycles. The Morgan fingerprint density at radius 2 is 1.74 bits per heavy atom. The van der Waals surface area contributed by atoms with E-state index in [0.717, 1.165) is 23.5 Å². The molecule has 0 fully saturated rings. The SMILES string of the molecule is O=C1CN(SOOc2ccccc2)c2ccccc21. The van der Waals surface area contributed by atoms with Gasteiger partial charge < -0.3 is 4.89 Å². The average molecular weight is 273 g/mol. The van der Waals surface area contributed by atoms with Crippen LogP contribution in [-0.4, -0.2) is 12.3 Å². The van der Waals surface area contributed by atoms with Crippen LogP contribution < -0.4 is 9.19 Å². The van der Waals surface area contributed by atoms with E-state index in [1.54, 1.807) is 16.4 Å². The molecule has 0 saturated carbocycles. The van der Waals surface area contributed by atoms with Gasteiger partial charge in [0.2, 0.25) is 0 Å². The first-order valence-electron chi connectivity index (χ1n) is 5.81. The largest absolute Gasteiger partial charge is 0.324 e. The van der Waals surface area contributed by atoms with Crippen LogP contribution in [0.2, 0.25) is 0 Å². The number of para-hydroxylation sites is 2. The monoisotopic (exact) mass is 273 g/mol. The van der Waals surface area contributed by atoms with Crippen LogP contribution in [0.1, 0.15) is 10.4 Å². The van der Waals surface area contributed by atoms with Gasteiger partial charge in [0.1, 0.15) is 0 Å². The summed E-state index contributed by atoms with van der Waals surface area (Å²) in [5.74, 6) is 0.709. The highest BCUT2D eigenvalue weighted by Crippen LogP contribution is 2.33. The molecule has 19 heavy (non-hydrogen) atoms. The summed E-state index contributed by atoms with van der Waals surface area (Å²) in [6.45, 7) is 0.294. The highest BCUT2D eigenvalue weighted by atomic mass is 32.2. The van der Waals surface area contributed by atoms with E-state index in [2.05, 4.69) is 0 Å². The van der Waals surface area contributed by atoms with Crippen LogP contribution in [0.5, 0.6) is 5.75 Å². The lowest BCUT2D eigenvalue weighted by molar-refractivity contribution is -0.0778. The van der Waals surface area contributed by atoms with Crippen molar-refractivity contribution in [3.05, 3.63) is 60.2 Å². The molecule has 1 heterocycles. The van der Waals surface area contributed by atoms with Crippen molar-refractivity contribution >= 4 is 23.7 Å². The van der Waals surface area contributed by atoms with E-state index in [1.165, 1.54) is 0 Å². The molecule has 0 atom stereocenters. The fraction of sp³-hybridized carbons (Fsp3) is 0.0714. The maximum Gasteiger partial charge on any atom is 0.185 e. The van der Waals surface area contributed by atoms with Crippen molar-refractivity contribution < 1.29 is 14.0 Å². The van der Waals surface area contributed by atoms with Gasteiger partial charge in [-0.1, -0.05) is 34.7 Å². The normalized spacial score (nSPS) is 13.5. The molecule has 3 rings (SSSR count). The molecule has 0 radical (unpaired) electrons. The Morgan fingerprint density at radius 1 is 1.00 bits per heavy atom. The number of nitrogens with zero attached hydrogens (tertiary/aromatic N) is 1. The molecular weight excluding hydrogens is 262 g/mol. The summed E-state index contributed by atoms with van der Waals surface area (Å²) in [6.07, 6.45) is 0. The lowest BCUT2D eigenvalue weighted by Crippen LogP contribution is -2.14. The molecule has 1 aliphatic heterocycles. The summed E-state index contributed by atoms with van der Waals surface area (Å²) in [7, 11) is 0. The van der Waals surface area contributed by atoms with Crippen molar-refractivity contribution in [2.45, 2.75) is 0 Å². The topological polar surface area (TPSA) is 38.8 Å². The summed E-state index contributed by atoms with van der Waals surface area (Å²) in [5, 5.41) is 0. The predicted molar refractivity (Wildman–Crippen MR) is 73.9 cm³/mol. The number of ketones is 1. The van der Waals surface area contributed by atoms with Crippen molar-refractivity contribution in [1.29, 1.82) is 0 Å². The molecule has 2 aromatic rings. The van der Waals surface area contributed by atoms with E-state index in [-0.39, 0.29) is 5.78 Å². The van der Waals surface area contributed by atoms with Gasteiger partial charge in [-0.3, -0.25) is 9.10 Å². The highest BCUT2D eigenvalue weighted by Gasteiger charge is 2.27. The zero-order valence-electron chi connectivity index (χ0n) is 9.98. The van der Waals surface area contributed by atoms with Gasteiger partial charge in [-0.15, -0.1) is 0 Å². The smallest absolute Gasteiger partial charge is 0.185 e. The molecule has 0 N–H and O–H groups in total.